The summed E-state index contributed by atoms with van der Waals surface area (Å²) in [5.41, 5.74) is -0.810. The number of methoxy groups -OCH3 is 2. The van der Waals surface area contributed by atoms with E-state index in [-0.39, 0.29) is 6.42 Å². The first-order valence-corrected chi connectivity index (χ1v) is 6.38. The van der Waals surface area contributed by atoms with Gasteiger partial charge in [-0.3, -0.25) is 4.79 Å². The number of aliphatic hydroxyl groups excluding tert-OH is 3. The van der Waals surface area contributed by atoms with E-state index in [1.165, 1.54) is 14.2 Å². The highest BCUT2D eigenvalue weighted by Crippen LogP contribution is 2.25. The Balaban J connectivity index is 2.83. The Morgan fingerprint density at radius 3 is 2.24 bits per heavy atom. The normalized spacial score (nSPS) is 11.1. The largest absolute Gasteiger partial charge is 0.497 e. The monoisotopic (exact) mass is 299 g/mol. The molecule has 21 heavy (non-hydrogen) atoms. The van der Waals surface area contributed by atoms with E-state index in [1.807, 2.05) is 0 Å². The molecule has 1 rings (SSSR count). The van der Waals surface area contributed by atoms with Crippen molar-refractivity contribution < 1.29 is 29.6 Å². The van der Waals surface area contributed by atoms with E-state index >= 15 is 0 Å². The Labute approximate surface area is 123 Å². The minimum Gasteiger partial charge on any atom is -0.497 e. The molecule has 0 spiro atoms. The Hall–Kier alpha value is -1.83. The molecule has 0 radical (unpaired) electrons. The molecular formula is C14H21NO6. The second kappa shape index (κ2) is 7.82. The summed E-state index contributed by atoms with van der Waals surface area (Å²) in [6.45, 7) is -1.69. The highest BCUT2D eigenvalue weighted by atomic mass is 16.5. The van der Waals surface area contributed by atoms with E-state index in [9.17, 15) is 20.1 Å². The summed E-state index contributed by atoms with van der Waals surface area (Å²) in [7, 11) is 3.01. The number of nitrogens with one attached hydrogen (secondary N) is 1. The molecule has 0 heterocycles. The molecule has 7 heteroatoms. The molecule has 0 aliphatic carbocycles. The van der Waals surface area contributed by atoms with Crippen LogP contribution in [0.2, 0.25) is 0 Å². The fraction of sp³-hybridized carbons (Fsp3) is 0.500. The third-order valence-electron chi connectivity index (χ3n) is 3.16. The number of carbonyl (C=O) groups excluding carboxylic acids is 1. The molecule has 0 bridgehead atoms. The maximum absolute atomic E-state index is 12.0. The van der Waals surface area contributed by atoms with Gasteiger partial charge in [0.15, 0.2) is 0 Å². The smallest absolute Gasteiger partial charge is 0.225 e. The van der Waals surface area contributed by atoms with E-state index in [2.05, 4.69) is 5.32 Å². The van der Waals surface area contributed by atoms with Gasteiger partial charge in [-0.1, -0.05) is 6.07 Å². The number of benzene rings is 1. The Bertz CT molecular complexity index is 464. The number of aliphatic hydroxyl groups is 3. The summed E-state index contributed by atoms with van der Waals surface area (Å²) in [4.78, 5) is 12.0. The van der Waals surface area contributed by atoms with Crippen molar-refractivity contribution in [3.8, 4) is 11.5 Å². The molecule has 0 fully saturated rings. The molecule has 0 atom stereocenters. The zero-order valence-corrected chi connectivity index (χ0v) is 12.1. The van der Waals surface area contributed by atoms with Gasteiger partial charge in [0.1, 0.15) is 17.0 Å². The van der Waals surface area contributed by atoms with Crippen molar-refractivity contribution in [2.24, 2.45) is 0 Å². The van der Waals surface area contributed by atoms with E-state index in [4.69, 9.17) is 9.47 Å². The average molecular weight is 299 g/mol. The fourth-order valence-electron chi connectivity index (χ4n) is 1.78. The lowest BCUT2D eigenvalue weighted by Gasteiger charge is -2.28. The standard InChI is InChI=1S/C14H21NO6/c1-20-11-4-3-10(12(6-11)21-2)5-13(19)15-14(7-16,8-17)9-18/h3-4,6,16-18H,5,7-9H2,1-2H3,(H,15,19). The van der Waals surface area contributed by atoms with Crippen molar-refractivity contribution >= 4 is 5.91 Å². The summed E-state index contributed by atoms with van der Waals surface area (Å²) in [5.74, 6) is 0.647. The van der Waals surface area contributed by atoms with Crippen LogP contribution in [-0.4, -0.2) is 60.8 Å². The van der Waals surface area contributed by atoms with Crippen LogP contribution in [0.3, 0.4) is 0 Å². The van der Waals surface area contributed by atoms with Crippen LogP contribution < -0.4 is 14.8 Å². The van der Waals surface area contributed by atoms with Crippen LogP contribution in [0.5, 0.6) is 11.5 Å². The average Bonchev–Trinajstić information content (AvgIpc) is 2.53. The first-order valence-electron chi connectivity index (χ1n) is 6.38. The van der Waals surface area contributed by atoms with Crippen LogP contribution in [0.15, 0.2) is 18.2 Å². The van der Waals surface area contributed by atoms with Gasteiger partial charge in [-0.15, -0.1) is 0 Å². The molecule has 7 nitrogen and oxygen atoms in total. The first-order chi connectivity index (χ1) is 10.0. The van der Waals surface area contributed by atoms with Gasteiger partial charge in [0.05, 0.1) is 40.5 Å². The van der Waals surface area contributed by atoms with Crippen molar-refractivity contribution in [1.29, 1.82) is 0 Å². The predicted octanol–water partition coefficient (Wildman–Crippen LogP) is -0.922. The van der Waals surface area contributed by atoms with Crippen LogP contribution >= 0.6 is 0 Å². The first kappa shape index (κ1) is 17.2. The maximum Gasteiger partial charge on any atom is 0.225 e. The third kappa shape index (κ3) is 4.32. The molecule has 0 unspecified atom stereocenters. The highest BCUT2D eigenvalue weighted by Gasteiger charge is 2.30. The van der Waals surface area contributed by atoms with Crippen LogP contribution in [0.25, 0.3) is 0 Å². The van der Waals surface area contributed by atoms with Gasteiger partial charge < -0.3 is 30.1 Å². The van der Waals surface area contributed by atoms with E-state index in [1.54, 1.807) is 18.2 Å². The van der Waals surface area contributed by atoms with Crippen LogP contribution in [0, 0.1) is 0 Å². The number of carbonyl (C=O) groups is 1. The molecule has 0 saturated carbocycles. The summed E-state index contributed by atoms with van der Waals surface area (Å²) < 4.78 is 10.3. The lowest BCUT2D eigenvalue weighted by atomic mass is 10.0. The molecule has 0 aromatic heterocycles. The second-order valence-corrected chi connectivity index (χ2v) is 4.66. The minimum absolute atomic E-state index is 0.0189. The SMILES string of the molecule is COc1ccc(CC(=O)NC(CO)(CO)CO)c(OC)c1. The van der Waals surface area contributed by atoms with Gasteiger partial charge in [-0.25, -0.2) is 0 Å². The zero-order chi connectivity index (χ0) is 15.9. The van der Waals surface area contributed by atoms with E-state index < -0.39 is 31.3 Å². The lowest BCUT2D eigenvalue weighted by Crippen LogP contribution is -2.57. The summed E-state index contributed by atoms with van der Waals surface area (Å²) in [6, 6.07) is 5.04. The van der Waals surface area contributed by atoms with Crippen LogP contribution in [0.4, 0.5) is 0 Å². The highest BCUT2D eigenvalue weighted by molar-refractivity contribution is 5.80. The minimum atomic E-state index is -1.43. The number of hydrogen-bond acceptors (Lipinski definition) is 6. The molecule has 1 aromatic carbocycles. The van der Waals surface area contributed by atoms with Crippen molar-refractivity contribution in [3.63, 3.8) is 0 Å². The summed E-state index contributed by atoms with van der Waals surface area (Å²) in [5, 5.41) is 30.0. The Morgan fingerprint density at radius 2 is 1.76 bits per heavy atom. The molecule has 4 N–H and O–H groups in total. The molecular weight excluding hydrogens is 278 g/mol. The van der Waals surface area contributed by atoms with Gasteiger partial charge in [0, 0.05) is 11.6 Å². The Morgan fingerprint density at radius 1 is 1.14 bits per heavy atom. The van der Waals surface area contributed by atoms with Gasteiger partial charge in [-0.05, 0) is 6.07 Å². The van der Waals surface area contributed by atoms with Gasteiger partial charge >= 0.3 is 0 Å². The molecule has 118 valence electrons. The van der Waals surface area contributed by atoms with E-state index in [0.29, 0.717) is 17.1 Å². The molecule has 0 aliphatic rings. The molecule has 0 aliphatic heterocycles. The Kier molecular flexibility index (Phi) is 6.41. The topological polar surface area (TPSA) is 108 Å². The lowest BCUT2D eigenvalue weighted by molar-refractivity contribution is -0.124. The van der Waals surface area contributed by atoms with Crippen LogP contribution in [-0.2, 0) is 11.2 Å². The number of ether oxygens (including phenoxy) is 2. The molecule has 1 amide bonds. The van der Waals surface area contributed by atoms with Gasteiger partial charge in [0.2, 0.25) is 5.91 Å². The summed E-state index contributed by atoms with van der Waals surface area (Å²) in [6.07, 6.45) is -0.0189. The zero-order valence-electron chi connectivity index (χ0n) is 12.1. The van der Waals surface area contributed by atoms with Crippen molar-refractivity contribution in [1.82, 2.24) is 5.32 Å². The molecule has 1 aromatic rings. The van der Waals surface area contributed by atoms with Crippen molar-refractivity contribution in [2.45, 2.75) is 12.0 Å². The van der Waals surface area contributed by atoms with Crippen molar-refractivity contribution in [2.75, 3.05) is 34.0 Å². The second-order valence-electron chi connectivity index (χ2n) is 4.66. The maximum atomic E-state index is 12.0. The number of hydrogen-bond donors (Lipinski definition) is 4. The van der Waals surface area contributed by atoms with Gasteiger partial charge in [-0.2, -0.15) is 0 Å². The van der Waals surface area contributed by atoms with Gasteiger partial charge in [0.25, 0.3) is 0 Å². The molecule has 0 saturated heterocycles. The van der Waals surface area contributed by atoms with E-state index in [0.717, 1.165) is 0 Å². The quantitative estimate of drug-likeness (QED) is 0.494. The number of amides is 1. The van der Waals surface area contributed by atoms with Crippen LogP contribution in [0.1, 0.15) is 5.56 Å². The summed E-state index contributed by atoms with van der Waals surface area (Å²) >= 11 is 0. The fourth-order valence-corrected chi connectivity index (χ4v) is 1.78. The predicted molar refractivity (Wildman–Crippen MR) is 75.4 cm³/mol. The third-order valence-corrected chi connectivity index (χ3v) is 3.16. The van der Waals surface area contributed by atoms with Crippen molar-refractivity contribution in [3.05, 3.63) is 23.8 Å². The number of rotatable bonds is 8.